The van der Waals surface area contributed by atoms with Gasteiger partial charge in [0.2, 0.25) is 0 Å². The van der Waals surface area contributed by atoms with Gasteiger partial charge in [-0.1, -0.05) is 50.5 Å². The van der Waals surface area contributed by atoms with Gasteiger partial charge < -0.3 is 0 Å². The molecule has 0 saturated carbocycles. The van der Waals surface area contributed by atoms with E-state index in [2.05, 4.69) is 44.3 Å². The number of aryl methyl sites for hydroxylation is 1. The van der Waals surface area contributed by atoms with E-state index in [1.807, 2.05) is 13.8 Å². The first-order valence-corrected chi connectivity index (χ1v) is 5.60. The predicted molar refractivity (Wildman–Crippen MR) is 70.3 cm³/mol. The molecule has 0 spiro atoms. The zero-order chi connectivity index (χ0) is 11.7. The van der Waals surface area contributed by atoms with Gasteiger partial charge in [0.1, 0.15) is 0 Å². The summed E-state index contributed by atoms with van der Waals surface area (Å²) in [6, 6.07) is 8.58. The minimum atomic E-state index is 0. The van der Waals surface area contributed by atoms with Crippen LogP contribution in [0.1, 0.15) is 39.2 Å². The molecule has 0 saturated heterocycles. The second kappa shape index (κ2) is 11.2. The van der Waals surface area contributed by atoms with Crippen molar-refractivity contribution in [1.82, 2.24) is 0 Å². The fourth-order valence-corrected chi connectivity index (χ4v) is 0.961. The molecule has 16 heavy (non-hydrogen) atoms. The molecule has 0 aliphatic rings. The Morgan fingerprint density at radius 2 is 1.81 bits per heavy atom. The van der Waals surface area contributed by atoms with Crippen LogP contribution >= 0.6 is 0 Å². The van der Waals surface area contributed by atoms with Gasteiger partial charge in [0.05, 0.1) is 0 Å². The second-order valence-corrected chi connectivity index (χ2v) is 3.96. The zero-order valence-corrected chi connectivity index (χ0v) is 13.3. The minimum absolute atomic E-state index is 0. The molecule has 0 aromatic heterocycles. The number of hydrogen-bond acceptors (Lipinski definition) is 0. The first kappa shape index (κ1) is 18.1. The SMILES string of the molecule is C=C(C)C(=C)C.CCCCc1ccc[cH-]1.[Zr]. The van der Waals surface area contributed by atoms with Crippen LogP contribution in [0.5, 0.6) is 0 Å². The molecule has 0 heterocycles. The summed E-state index contributed by atoms with van der Waals surface area (Å²) in [5, 5.41) is 0. The van der Waals surface area contributed by atoms with E-state index >= 15 is 0 Å². The van der Waals surface area contributed by atoms with Crippen molar-refractivity contribution in [3.05, 3.63) is 54.1 Å². The largest absolute Gasteiger partial charge is 0.213 e. The maximum atomic E-state index is 3.66. The van der Waals surface area contributed by atoms with Crippen LogP contribution in [0.3, 0.4) is 0 Å². The van der Waals surface area contributed by atoms with Gasteiger partial charge in [-0.25, -0.2) is 12.1 Å². The number of rotatable bonds is 4. The molecule has 0 atom stereocenters. The van der Waals surface area contributed by atoms with Gasteiger partial charge in [-0.3, -0.25) is 0 Å². The first-order chi connectivity index (χ1) is 7.07. The molecule has 0 aliphatic heterocycles. The van der Waals surface area contributed by atoms with Crippen molar-refractivity contribution in [3.63, 3.8) is 0 Å². The van der Waals surface area contributed by atoms with E-state index in [0.29, 0.717) is 0 Å². The number of unbranched alkanes of at least 4 members (excludes halogenated alkanes) is 1. The molecular weight excluding hydrogens is 271 g/mol. The van der Waals surface area contributed by atoms with Crippen LogP contribution in [-0.4, -0.2) is 0 Å². The topological polar surface area (TPSA) is 0 Å². The van der Waals surface area contributed by atoms with Crippen LogP contribution < -0.4 is 0 Å². The Balaban J connectivity index is 0. The third kappa shape index (κ3) is 10.2. The van der Waals surface area contributed by atoms with E-state index in [-0.39, 0.29) is 26.2 Å². The predicted octanol–water partition coefficient (Wildman–Crippen LogP) is 4.88. The van der Waals surface area contributed by atoms with E-state index in [1.165, 1.54) is 24.8 Å². The van der Waals surface area contributed by atoms with Gasteiger partial charge in [-0.05, 0) is 13.8 Å². The molecule has 0 bridgehead atoms. The molecule has 0 unspecified atom stereocenters. The van der Waals surface area contributed by atoms with Crippen molar-refractivity contribution in [2.45, 2.75) is 40.0 Å². The van der Waals surface area contributed by atoms with Crippen molar-refractivity contribution in [3.8, 4) is 0 Å². The Morgan fingerprint density at radius 1 is 1.25 bits per heavy atom. The van der Waals surface area contributed by atoms with E-state index in [9.17, 15) is 0 Å². The molecule has 0 aliphatic carbocycles. The van der Waals surface area contributed by atoms with Gasteiger partial charge in [-0.15, -0.1) is 0 Å². The third-order valence-corrected chi connectivity index (χ3v) is 2.28. The van der Waals surface area contributed by atoms with Crippen LogP contribution in [0.15, 0.2) is 48.6 Å². The van der Waals surface area contributed by atoms with E-state index in [0.717, 1.165) is 11.1 Å². The van der Waals surface area contributed by atoms with Crippen molar-refractivity contribution in [1.29, 1.82) is 0 Å². The van der Waals surface area contributed by atoms with E-state index in [1.54, 1.807) is 0 Å². The zero-order valence-electron chi connectivity index (χ0n) is 10.8. The van der Waals surface area contributed by atoms with Crippen molar-refractivity contribution in [2.75, 3.05) is 0 Å². The molecule has 0 amide bonds. The van der Waals surface area contributed by atoms with Crippen LogP contribution in [0.25, 0.3) is 0 Å². The maximum Gasteiger partial charge on any atom is 0 e. The Kier molecular flexibility index (Phi) is 12.7. The van der Waals surface area contributed by atoms with Crippen LogP contribution in [0.4, 0.5) is 0 Å². The summed E-state index contributed by atoms with van der Waals surface area (Å²) < 4.78 is 0. The van der Waals surface area contributed by atoms with Crippen molar-refractivity contribution in [2.24, 2.45) is 0 Å². The van der Waals surface area contributed by atoms with Gasteiger partial charge >= 0.3 is 0 Å². The van der Waals surface area contributed by atoms with E-state index in [4.69, 9.17) is 0 Å². The van der Waals surface area contributed by atoms with Gasteiger partial charge in [0.15, 0.2) is 0 Å². The molecular formula is C15H23Zr-. The smallest absolute Gasteiger partial charge is 0 e. The van der Waals surface area contributed by atoms with Crippen molar-refractivity contribution >= 4 is 0 Å². The summed E-state index contributed by atoms with van der Waals surface area (Å²) in [6.45, 7) is 13.4. The number of allylic oxidation sites excluding steroid dienone is 2. The van der Waals surface area contributed by atoms with Crippen LogP contribution in [0, 0.1) is 0 Å². The standard InChI is InChI=1S/C9H13.C6H10.Zr/c1-2-3-6-9-7-4-5-8-9;1-5(2)6(3)4;/h4-5,7-8H,2-3,6H2,1H3;1,3H2,2,4H3;/q-1;;. The summed E-state index contributed by atoms with van der Waals surface area (Å²) in [6.07, 6.45) is 3.87. The first-order valence-electron chi connectivity index (χ1n) is 5.60. The third-order valence-electron chi connectivity index (χ3n) is 2.28. The molecule has 0 fully saturated rings. The Bertz CT molecular complexity index is 268. The van der Waals surface area contributed by atoms with Crippen LogP contribution in [-0.2, 0) is 32.6 Å². The maximum absolute atomic E-state index is 3.66. The van der Waals surface area contributed by atoms with Crippen LogP contribution in [0.2, 0.25) is 0 Å². The van der Waals surface area contributed by atoms with Gasteiger partial charge in [-0.2, -0.15) is 17.7 Å². The summed E-state index contributed by atoms with van der Waals surface area (Å²) in [7, 11) is 0. The summed E-state index contributed by atoms with van der Waals surface area (Å²) in [4.78, 5) is 0. The molecule has 1 rings (SSSR count). The minimum Gasteiger partial charge on any atom is -0.213 e. The quantitative estimate of drug-likeness (QED) is 0.548. The second-order valence-electron chi connectivity index (χ2n) is 3.96. The fraction of sp³-hybridized carbons (Fsp3) is 0.400. The molecule has 0 N–H and O–H groups in total. The molecule has 0 nitrogen and oxygen atoms in total. The Morgan fingerprint density at radius 3 is 2.12 bits per heavy atom. The molecule has 1 aromatic carbocycles. The van der Waals surface area contributed by atoms with E-state index < -0.39 is 0 Å². The van der Waals surface area contributed by atoms with Gasteiger partial charge in [0, 0.05) is 26.2 Å². The summed E-state index contributed by atoms with van der Waals surface area (Å²) in [5.74, 6) is 0. The average Bonchev–Trinajstić information content (AvgIpc) is 2.68. The monoisotopic (exact) mass is 293 g/mol. The molecule has 1 aromatic rings. The molecule has 88 valence electrons. The molecule has 0 radical (unpaired) electrons. The normalized spacial score (nSPS) is 8.44. The Labute approximate surface area is 120 Å². The number of hydrogen-bond donors (Lipinski definition) is 0. The fourth-order valence-electron chi connectivity index (χ4n) is 0.961. The Hall–Kier alpha value is -0.287. The summed E-state index contributed by atoms with van der Waals surface area (Å²) >= 11 is 0. The summed E-state index contributed by atoms with van der Waals surface area (Å²) in [5.41, 5.74) is 3.61. The van der Waals surface area contributed by atoms with Gasteiger partial charge in [0.25, 0.3) is 0 Å². The van der Waals surface area contributed by atoms with Crippen molar-refractivity contribution < 1.29 is 26.2 Å². The molecule has 1 heteroatoms. The average molecular weight is 295 g/mol.